The molecule has 1 fully saturated rings. The quantitative estimate of drug-likeness (QED) is 0.844. The maximum absolute atomic E-state index is 11.5. The lowest BCUT2D eigenvalue weighted by Gasteiger charge is -2.13. The van der Waals surface area contributed by atoms with Gasteiger partial charge in [-0.05, 0) is 35.4 Å². The minimum Gasteiger partial charge on any atom is -0.368 e. The summed E-state index contributed by atoms with van der Waals surface area (Å²) < 4.78 is 12.5. The van der Waals surface area contributed by atoms with Gasteiger partial charge in [0, 0.05) is 29.8 Å². The Morgan fingerprint density at radius 2 is 2.40 bits per heavy atom. The summed E-state index contributed by atoms with van der Waals surface area (Å²) in [7, 11) is -0.753. The summed E-state index contributed by atoms with van der Waals surface area (Å²) in [4.78, 5) is 8.06. The summed E-state index contributed by atoms with van der Waals surface area (Å²) in [5.74, 6) is 0.835. The van der Waals surface area contributed by atoms with Crippen molar-refractivity contribution in [3.05, 3.63) is 16.1 Å². The van der Waals surface area contributed by atoms with Crippen molar-refractivity contribution in [2.75, 3.05) is 18.1 Å². The molecule has 0 aliphatic heterocycles. The molecule has 0 aromatic carbocycles. The summed E-state index contributed by atoms with van der Waals surface area (Å²) in [6, 6.07) is 0. The van der Waals surface area contributed by atoms with E-state index >= 15 is 0 Å². The molecule has 0 amide bonds. The second-order valence-corrected chi connectivity index (χ2v) is 6.65. The van der Waals surface area contributed by atoms with Gasteiger partial charge in [0.05, 0.1) is 8.32 Å². The fraction of sp³-hybridized carbons (Fsp3) is 0.556. The molecule has 4 nitrogen and oxygen atoms in total. The smallest absolute Gasteiger partial charge is 0.142 e. The number of aromatic nitrogens is 2. The first-order chi connectivity index (χ1) is 7.14. The molecule has 0 saturated heterocycles. The van der Waals surface area contributed by atoms with Crippen molar-refractivity contribution in [3.8, 4) is 0 Å². The van der Waals surface area contributed by atoms with Gasteiger partial charge in [-0.15, -0.1) is 0 Å². The first-order valence-corrected chi connectivity index (χ1v) is 7.31. The number of nitrogens with zero attached hydrogens (tertiary/aromatic N) is 2. The molecular formula is C9H12IN3OS. The summed E-state index contributed by atoms with van der Waals surface area (Å²) in [6.45, 7) is 0.739. The van der Waals surface area contributed by atoms with Gasteiger partial charge >= 0.3 is 0 Å². The van der Waals surface area contributed by atoms with Crippen LogP contribution in [0.25, 0.3) is 0 Å². The summed E-state index contributed by atoms with van der Waals surface area (Å²) in [6.07, 6.45) is 7.15. The van der Waals surface area contributed by atoms with Gasteiger partial charge in [0.25, 0.3) is 0 Å². The van der Waals surface area contributed by atoms with Gasteiger partial charge in [-0.25, -0.2) is 9.97 Å². The molecule has 1 aliphatic carbocycles. The number of hydrogen-bond acceptors (Lipinski definition) is 4. The molecule has 82 valence electrons. The van der Waals surface area contributed by atoms with Crippen LogP contribution in [0, 0.1) is 3.57 Å². The van der Waals surface area contributed by atoms with Gasteiger partial charge in [-0.1, -0.05) is 0 Å². The van der Waals surface area contributed by atoms with Crippen molar-refractivity contribution >= 4 is 39.2 Å². The van der Waals surface area contributed by atoms with Crippen LogP contribution in [-0.2, 0) is 10.8 Å². The van der Waals surface area contributed by atoms with Gasteiger partial charge in [0.2, 0.25) is 0 Å². The number of anilines is 1. The van der Waals surface area contributed by atoms with E-state index in [0.717, 1.165) is 28.8 Å². The van der Waals surface area contributed by atoms with Crippen molar-refractivity contribution in [1.29, 1.82) is 0 Å². The minimum absolute atomic E-state index is 0.00592. The Labute approximate surface area is 105 Å². The Morgan fingerprint density at radius 1 is 1.67 bits per heavy atom. The van der Waals surface area contributed by atoms with Crippen LogP contribution in [0.15, 0.2) is 12.5 Å². The highest BCUT2D eigenvalue weighted by Crippen LogP contribution is 2.41. The van der Waals surface area contributed by atoms with Crippen LogP contribution < -0.4 is 5.32 Å². The predicted molar refractivity (Wildman–Crippen MR) is 69.3 cm³/mol. The summed E-state index contributed by atoms with van der Waals surface area (Å²) in [5.41, 5.74) is 0. The Balaban J connectivity index is 2.00. The van der Waals surface area contributed by atoms with Crippen LogP contribution in [0.3, 0.4) is 0 Å². The van der Waals surface area contributed by atoms with E-state index in [4.69, 9.17) is 0 Å². The predicted octanol–water partition coefficient (Wildman–Crippen LogP) is 1.40. The van der Waals surface area contributed by atoms with Crippen LogP contribution in [0.4, 0.5) is 5.82 Å². The van der Waals surface area contributed by atoms with Crippen LogP contribution in [0.2, 0.25) is 0 Å². The lowest BCUT2D eigenvalue weighted by atomic mass is 10.4. The molecule has 1 heterocycles. The SMILES string of the molecule is CS(=O)C1(CNc2ncncc2I)CC1. The molecule has 1 N–H and O–H groups in total. The summed E-state index contributed by atoms with van der Waals surface area (Å²) >= 11 is 2.19. The van der Waals surface area contributed by atoms with Gasteiger partial charge in [0.1, 0.15) is 12.1 Å². The molecule has 2 rings (SSSR count). The maximum atomic E-state index is 11.5. The van der Waals surface area contributed by atoms with E-state index in [1.54, 1.807) is 12.5 Å². The zero-order valence-electron chi connectivity index (χ0n) is 8.36. The average molecular weight is 337 g/mol. The van der Waals surface area contributed by atoms with Crippen LogP contribution in [0.1, 0.15) is 12.8 Å². The van der Waals surface area contributed by atoms with Gasteiger partial charge in [0.15, 0.2) is 0 Å². The lowest BCUT2D eigenvalue weighted by Crippen LogP contribution is -2.26. The Hall–Kier alpha value is -0.240. The standard InChI is InChI=1S/C9H12IN3OS/c1-15(14)9(2-3-9)5-12-8-7(10)4-11-6-13-8/h4,6H,2-3,5H2,1H3,(H,11,12,13). The zero-order chi connectivity index (χ0) is 10.9. The molecular weight excluding hydrogens is 325 g/mol. The Bertz CT molecular complexity index is 395. The largest absolute Gasteiger partial charge is 0.368 e. The molecule has 15 heavy (non-hydrogen) atoms. The molecule has 1 saturated carbocycles. The number of rotatable bonds is 4. The van der Waals surface area contributed by atoms with Gasteiger partial charge < -0.3 is 5.32 Å². The number of hydrogen-bond donors (Lipinski definition) is 1. The van der Waals surface area contributed by atoms with E-state index in [0.29, 0.717) is 0 Å². The van der Waals surface area contributed by atoms with Crippen molar-refractivity contribution in [2.24, 2.45) is 0 Å². The highest BCUT2D eigenvalue weighted by atomic mass is 127. The van der Waals surface area contributed by atoms with E-state index in [2.05, 4.69) is 37.9 Å². The molecule has 1 aromatic rings. The molecule has 0 radical (unpaired) electrons. The normalized spacial score (nSPS) is 19.6. The van der Waals surface area contributed by atoms with Crippen molar-refractivity contribution in [1.82, 2.24) is 9.97 Å². The second kappa shape index (κ2) is 4.32. The lowest BCUT2D eigenvalue weighted by molar-refractivity contribution is 0.674. The monoisotopic (exact) mass is 337 g/mol. The maximum Gasteiger partial charge on any atom is 0.142 e. The van der Waals surface area contributed by atoms with Gasteiger partial charge in [-0.3, -0.25) is 4.21 Å². The first kappa shape index (κ1) is 11.3. The van der Waals surface area contributed by atoms with Crippen molar-refractivity contribution < 1.29 is 4.21 Å². The van der Waals surface area contributed by atoms with Crippen LogP contribution >= 0.6 is 22.6 Å². The third kappa shape index (κ3) is 2.47. The third-order valence-corrected chi connectivity index (χ3v) is 5.22. The summed E-state index contributed by atoms with van der Waals surface area (Å²) in [5, 5.41) is 3.25. The fourth-order valence-electron chi connectivity index (χ4n) is 1.39. The van der Waals surface area contributed by atoms with Gasteiger partial charge in [-0.2, -0.15) is 0 Å². The molecule has 1 atom stereocenters. The molecule has 1 aromatic heterocycles. The Kier molecular flexibility index (Phi) is 3.24. The molecule has 0 spiro atoms. The first-order valence-electron chi connectivity index (χ1n) is 4.67. The van der Waals surface area contributed by atoms with Crippen LogP contribution in [-0.4, -0.2) is 31.7 Å². The number of halogens is 1. The zero-order valence-corrected chi connectivity index (χ0v) is 11.3. The van der Waals surface area contributed by atoms with E-state index in [-0.39, 0.29) is 4.75 Å². The second-order valence-electron chi connectivity index (χ2n) is 3.71. The van der Waals surface area contributed by atoms with E-state index < -0.39 is 10.8 Å². The number of nitrogens with one attached hydrogen (secondary N) is 1. The minimum atomic E-state index is -0.753. The van der Waals surface area contributed by atoms with Crippen molar-refractivity contribution in [3.63, 3.8) is 0 Å². The molecule has 1 unspecified atom stereocenters. The highest BCUT2D eigenvalue weighted by Gasteiger charge is 2.46. The fourth-order valence-corrected chi connectivity index (χ4v) is 2.84. The van der Waals surface area contributed by atoms with Crippen LogP contribution in [0.5, 0.6) is 0 Å². The Morgan fingerprint density at radius 3 is 2.93 bits per heavy atom. The third-order valence-electron chi connectivity index (χ3n) is 2.66. The van der Waals surface area contributed by atoms with Crippen molar-refractivity contribution in [2.45, 2.75) is 17.6 Å². The van der Waals surface area contributed by atoms with E-state index in [1.807, 2.05) is 0 Å². The molecule has 0 bridgehead atoms. The molecule has 6 heteroatoms. The van der Waals surface area contributed by atoms with E-state index in [1.165, 1.54) is 6.33 Å². The average Bonchev–Trinajstić information content (AvgIpc) is 2.98. The topological polar surface area (TPSA) is 54.9 Å². The van der Waals surface area contributed by atoms with E-state index in [9.17, 15) is 4.21 Å². The molecule has 1 aliphatic rings. The highest BCUT2D eigenvalue weighted by molar-refractivity contribution is 14.1.